The number of aliphatic imine (C=N–C) groups is 1. The Labute approximate surface area is 179 Å². The Balaban J connectivity index is 0.00000364. The van der Waals surface area contributed by atoms with Crippen LogP contribution in [0, 0.1) is 0 Å². The van der Waals surface area contributed by atoms with Crippen molar-refractivity contribution in [3.05, 3.63) is 42.1 Å². The van der Waals surface area contributed by atoms with E-state index < -0.39 is 9.84 Å². The SMILES string of the molecule is CCNC(=NCCc1cccc2cccnc12)NC(C)CCS(C)(=O)=O.I. The van der Waals surface area contributed by atoms with E-state index in [0.29, 0.717) is 18.9 Å². The first-order valence-corrected chi connectivity index (χ1v) is 11.0. The summed E-state index contributed by atoms with van der Waals surface area (Å²) in [7, 11) is -2.95. The summed E-state index contributed by atoms with van der Waals surface area (Å²) in [6, 6.07) is 10.2. The van der Waals surface area contributed by atoms with Crippen LogP contribution >= 0.6 is 24.0 Å². The first kappa shape index (κ1) is 23.6. The third-order valence-corrected chi connectivity index (χ3v) is 4.99. The monoisotopic (exact) mass is 504 g/mol. The minimum Gasteiger partial charge on any atom is -0.357 e. The van der Waals surface area contributed by atoms with Crippen LogP contribution in [0.1, 0.15) is 25.8 Å². The summed E-state index contributed by atoms with van der Waals surface area (Å²) in [6.07, 6.45) is 4.42. The molecular formula is C19H29IN4O2S. The van der Waals surface area contributed by atoms with E-state index in [4.69, 9.17) is 0 Å². The highest BCUT2D eigenvalue weighted by molar-refractivity contribution is 14.0. The number of aromatic nitrogens is 1. The Bertz CT molecular complexity index is 850. The number of hydrogen-bond acceptors (Lipinski definition) is 4. The molecule has 0 saturated heterocycles. The number of benzene rings is 1. The van der Waals surface area contributed by atoms with E-state index in [2.05, 4.69) is 38.8 Å². The molecule has 2 rings (SSSR count). The van der Waals surface area contributed by atoms with Crippen LogP contribution in [0.25, 0.3) is 10.9 Å². The lowest BCUT2D eigenvalue weighted by Crippen LogP contribution is -2.43. The molecule has 0 amide bonds. The maximum absolute atomic E-state index is 11.3. The molecule has 150 valence electrons. The number of nitrogens with zero attached hydrogens (tertiary/aromatic N) is 2. The number of fused-ring (bicyclic) bond motifs is 1. The number of pyridine rings is 1. The Morgan fingerprint density at radius 2 is 2.00 bits per heavy atom. The van der Waals surface area contributed by atoms with E-state index in [9.17, 15) is 8.42 Å². The lowest BCUT2D eigenvalue weighted by atomic mass is 10.1. The average Bonchev–Trinajstić information content (AvgIpc) is 2.60. The Hall–Kier alpha value is -1.42. The van der Waals surface area contributed by atoms with E-state index in [0.717, 1.165) is 23.9 Å². The number of sulfone groups is 1. The lowest BCUT2D eigenvalue weighted by molar-refractivity contribution is 0.581. The third-order valence-electron chi connectivity index (χ3n) is 4.02. The van der Waals surface area contributed by atoms with Crippen molar-refractivity contribution in [1.29, 1.82) is 0 Å². The largest absolute Gasteiger partial charge is 0.357 e. The molecule has 0 radical (unpaired) electrons. The van der Waals surface area contributed by atoms with Crippen LogP contribution in [0.3, 0.4) is 0 Å². The maximum Gasteiger partial charge on any atom is 0.191 e. The second kappa shape index (κ2) is 11.4. The Morgan fingerprint density at radius 3 is 2.70 bits per heavy atom. The molecule has 0 aliphatic carbocycles. The molecular weight excluding hydrogens is 475 g/mol. The van der Waals surface area contributed by atoms with Gasteiger partial charge in [-0.1, -0.05) is 24.3 Å². The van der Waals surface area contributed by atoms with E-state index in [1.807, 2.05) is 32.2 Å². The van der Waals surface area contributed by atoms with Crippen LogP contribution in [0.2, 0.25) is 0 Å². The molecule has 1 unspecified atom stereocenters. The van der Waals surface area contributed by atoms with Gasteiger partial charge < -0.3 is 10.6 Å². The van der Waals surface area contributed by atoms with Crippen molar-refractivity contribution < 1.29 is 8.42 Å². The predicted molar refractivity (Wildman–Crippen MR) is 124 cm³/mol. The molecule has 2 aromatic rings. The summed E-state index contributed by atoms with van der Waals surface area (Å²) in [6.45, 7) is 5.35. The van der Waals surface area contributed by atoms with Gasteiger partial charge in [0.2, 0.25) is 0 Å². The first-order chi connectivity index (χ1) is 12.4. The Morgan fingerprint density at radius 1 is 1.26 bits per heavy atom. The molecule has 0 bridgehead atoms. The zero-order chi connectivity index (χ0) is 19.0. The van der Waals surface area contributed by atoms with Crippen molar-refractivity contribution >= 4 is 50.7 Å². The van der Waals surface area contributed by atoms with Gasteiger partial charge in [0, 0.05) is 37.0 Å². The lowest BCUT2D eigenvalue weighted by Gasteiger charge is -2.17. The molecule has 1 aromatic heterocycles. The van der Waals surface area contributed by atoms with Crippen molar-refractivity contribution in [2.24, 2.45) is 4.99 Å². The normalized spacial score (nSPS) is 13.1. The van der Waals surface area contributed by atoms with Crippen LogP contribution in [-0.2, 0) is 16.3 Å². The molecule has 1 atom stereocenters. The van der Waals surface area contributed by atoms with Gasteiger partial charge in [0.25, 0.3) is 0 Å². The van der Waals surface area contributed by atoms with Crippen molar-refractivity contribution in [2.45, 2.75) is 32.7 Å². The van der Waals surface area contributed by atoms with Gasteiger partial charge >= 0.3 is 0 Å². The zero-order valence-electron chi connectivity index (χ0n) is 16.1. The molecule has 6 nitrogen and oxygen atoms in total. The Kier molecular flexibility index (Phi) is 10.00. The minimum absolute atomic E-state index is 0. The average molecular weight is 504 g/mol. The fourth-order valence-corrected chi connectivity index (χ4v) is 3.46. The summed E-state index contributed by atoms with van der Waals surface area (Å²) in [5, 5.41) is 7.61. The molecule has 27 heavy (non-hydrogen) atoms. The molecule has 2 N–H and O–H groups in total. The summed E-state index contributed by atoms with van der Waals surface area (Å²) in [5.41, 5.74) is 2.19. The van der Waals surface area contributed by atoms with Crippen LogP contribution < -0.4 is 10.6 Å². The van der Waals surface area contributed by atoms with E-state index in [1.54, 1.807) is 0 Å². The number of halogens is 1. The second-order valence-corrected chi connectivity index (χ2v) is 8.73. The molecule has 1 heterocycles. The van der Waals surface area contributed by atoms with Gasteiger partial charge in [-0.3, -0.25) is 9.98 Å². The molecule has 1 aromatic carbocycles. The van der Waals surface area contributed by atoms with E-state index in [-0.39, 0.29) is 35.8 Å². The number of nitrogens with one attached hydrogen (secondary N) is 2. The molecule has 0 aliphatic heterocycles. The van der Waals surface area contributed by atoms with Gasteiger partial charge in [-0.15, -0.1) is 24.0 Å². The van der Waals surface area contributed by atoms with Crippen molar-refractivity contribution in [2.75, 3.05) is 25.1 Å². The molecule has 8 heteroatoms. The smallest absolute Gasteiger partial charge is 0.191 e. The molecule has 0 saturated carbocycles. The summed E-state index contributed by atoms with van der Waals surface area (Å²) < 4.78 is 22.6. The second-order valence-electron chi connectivity index (χ2n) is 6.47. The van der Waals surface area contributed by atoms with Gasteiger partial charge in [-0.05, 0) is 38.3 Å². The molecule has 0 fully saturated rings. The highest BCUT2D eigenvalue weighted by Crippen LogP contribution is 2.16. The molecule has 0 aliphatic rings. The first-order valence-electron chi connectivity index (χ1n) is 8.94. The summed E-state index contributed by atoms with van der Waals surface area (Å²) in [4.78, 5) is 9.09. The van der Waals surface area contributed by atoms with E-state index in [1.165, 1.54) is 11.8 Å². The van der Waals surface area contributed by atoms with Crippen LogP contribution in [0.15, 0.2) is 41.5 Å². The van der Waals surface area contributed by atoms with E-state index >= 15 is 0 Å². The van der Waals surface area contributed by atoms with Gasteiger partial charge in [0.15, 0.2) is 5.96 Å². The predicted octanol–water partition coefficient (Wildman–Crippen LogP) is 2.77. The number of para-hydroxylation sites is 1. The fraction of sp³-hybridized carbons (Fsp3) is 0.474. The number of hydrogen-bond donors (Lipinski definition) is 2. The van der Waals surface area contributed by atoms with Crippen LogP contribution in [0.4, 0.5) is 0 Å². The summed E-state index contributed by atoms with van der Waals surface area (Å²) >= 11 is 0. The van der Waals surface area contributed by atoms with Gasteiger partial charge in [0.1, 0.15) is 9.84 Å². The van der Waals surface area contributed by atoms with Crippen LogP contribution in [-0.4, -0.2) is 50.5 Å². The molecule has 0 spiro atoms. The maximum atomic E-state index is 11.3. The third kappa shape index (κ3) is 8.42. The zero-order valence-corrected chi connectivity index (χ0v) is 19.3. The van der Waals surface area contributed by atoms with Crippen LogP contribution in [0.5, 0.6) is 0 Å². The number of guanidine groups is 1. The van der Waals surface area contributed by atoms with Crippen molar-refractivity contribution in [1.82, 2.24) is 15.6 Å². The highest BCUT2D eigenvalue weighted by atomic mass is 127. The highest BCUT2D eigenvalue weighted by Gasteiger charge is 2.09. The quantitative estimate of drug-likeness (QED) is 0.328. The fourth-order valence-electron chi connectivity index (χ4n) is 2.67. The number of rotatable bonds is 8. The van der Waals surface area contributed by atoms with Gasteiger partial charge in [0.05, 0.1) is 11.3 Å². The van der Waals surface area contributed by atoms with Crippen molar-refractivity contribution in [3.8, 4) is 0 Å². The standard InChI is InChI=1S/C19H28N4O2S.HI/c1-4-20-19(23-15(2)11-14-26(3,24)25)22-13-10-17-8-5-7-16-9-6-12-21-18(16)17;/h5-9,12,15H,4,10-11,13-14H2,1-3H3,(H2,20,22,23);1H. The minimum atomic E-state index is -2.95. The van der Waals surface area contributed by atoms with Gasteiger partial charge in [-0.25, -0.2) is 8.42 Å². The van der Waals surface area contributed by atoms with Crippen molar-refractivity contribution in [3.63, 3.8) is 0 Å². The summed E-state index contributed by atoms with van der Waals surface area (Å²) in [5.74, 6) is 0.879. The van der Waals surface area contributed by atoms with Gasteiger partial charge in [-0.2, -0.15) is 0 Å². The topological polar surface area (TPSA) is 83.4 Å².